The molecule has 2 aromatic rings. The Kier molecular flexibility index (Phi) is 5.05. The largest absolute Gasteiger partial charge is 0.463 e. The number of carbonyl (C=O) groups is 1. The van der Waals surface area contributed by atoms with Crippen LogP contribution in [0.2, 0.25) is 0 Å². The van der Waals surface area contributed by atoms with E-state index in [4.69, 9.17) is 16.6 Å². The number of hydrazine groups is 1. The molecule has 1 amide bonds. The van der Waals surface area contributed by atoms with Crippen LogP contribution in [-0.2, 0) is 4.74 Å². The van der Waals surface area contributed by atoms with Gasteiger partial charge in [0.2, 0.25) is 0 Å². The van der Waals surface area contributed by atoms with Gasteiger partial charge in [-0.25, -0.2) is 4.79 Å². The average Bonchev–Trinajstić information content (AvgIpc) is 3.04. The number of nitrogens with one attached hydrogen (secondary N) is 1. The molecule has 0 radical (unpaired) electrons. The number of hydrogen-bond acceptors (Lipinski definition) is 6. The van der Waals surface area contributed by atoms with Gasteiger partial charge >= 0.3 is 6.09 Å². The molecule has 1 heterocycles. The van der Waals surface area contributed by atoms with Gasteiger partial charge in [0.05, 0.1) is 36.5 Å². The fourth-order valence-electron chi connectivity index (χ4n) is 1.52. The molecular weight excluding hydrogens is 290 g/mol. The molecule has 1 N–H and O–H groups in total. The van der Waals surface area contributed by atoms with Crippen molar-refractivity contribution in [3.63, 3.8) is 0 Å². The van der Waals surface area contributed by atoms with E-state index in [1.807, 2.05) is 12.1 Å². The van der Waals surface area contributed by atoms with Gasteiger partial charge in [0, 0.05) is 0 Å². The van der Waals surface area contributed by atoms with E-state index in [9.17, 15) is 4.79 Å². The number of rotatable bonds is 5. The Bertz CT molecular complexity index is 641. The lowest BCUT2D eigenvalue weighted by Gasteiger charge is -2.18. The Morgan fingerprint density at radius 3 is 2.86 bits per heavy atom. The maximum absolute atomic E-state index is 11.5. The Hall–Kier alpha value is -2.67. The van der Waals surface area contributed by atoms with Crippen LogP contribution in [0.3, 0.4) is 0 Å². The summed E-state index contributed by atoms with van der Waals surface area (Å²) < 4.78 is 9.78. The highest BCUT2D eigenvalue weighted by molar-refractivity contribution is 7.78. The second kappa shape index (κ2) is 7.20. The van der Waals surface area contributed by atoms with Crippen molar-refractivity contribution in [3.05, 3.63) is 48.4 Å². The summed E-state index contributed by atoms with van der Waals surface area (Å²) in [5.74, 6) is 0.629. The van der Waals surface area contributed by atoms with Crippen LogP contribution >= 0.6 is 12.2 Å². The van der Waals surface area contributed by atoms with Crippen molar-refractivity contribution >= 4 is 41.4 Å². The number of anilines is 1. The molecule has 1 aromatic carbocycles. The maximum Gasteiger partial charge on any atom is 0.433 e. The number of thiocarbonyl (C=S) groups is 1. The molecule has 0 atom stereocenters. The number of furan rings is 1. The highest BCUT2D eigenvalue weighted by atomic mass is 32.1. The predicted molar refractivity (Wildman–Crippen MR) is 83.9 cm³/mol. The number of hydrogen-bond donors (Lipinski definition) is 1. The molecule has 0 aliphatic rings. The number of ether oxygens (including phenoxy) is 1. The lowest BCUT2D eigenvalue weighted by Crippen LogP contribution is -2.34. The molecule has 1 aromatic heterocycles. The summed E-state index contributed by atoms with van der Waals surface area (Å²) >= 11 is 4.77. The standard InChI is InChI=1S/C14H13N3O3S/c1-19-14(18)17(10-21)16-13-7-3-2-6-12(13)15-9-11-5-4-8-20-11/h2-10,16H,1H3. The zero-order valence-corrected chi connectivity index (χ0v) is 12.0. The summed E-state index contributed by atoms with van der Waals surface area (Å²) in [5.41, 5.74) is 5.21. The average molecular weight is 303 g/mol. The molecule has 0 fully saturated rings. The van der Waals surface area contributed by atoms with Gasteiger partial charge in [-0.2, -0.15) is 5.01 Å². The van der Waals surface area contributed by atoms with Crippen LogP contribution in [0.4, 0.5) is 16.2 Å². The van der Waals surface area contributed by atoms with E-state index in [0.29, 0.717) is 17.1 Å². The molecule has 0 spiro atoms. The second-order valence-corrected chi connectivity index (χ2v) is 4.06. The van der Waals surface area contributed by atoms with Crippen molar-refractivity contribution in [2.24, 2.45) is 4.99 Å². The van der Waals surface area contributed by atoms with Gasteiger partial charge in [0.15, 0.2) is 0 Å². The zero-order valence-electron chi connectivity index (χ0n) is 11.2. The third-order valence-corrected chi connectivity index (χ3v) is 2.71. The molecule has 0 aliphatic carbocycles. The Morgan fingerprint density at radius 2 is 2.19 bits per heavy atom. The van der Waals surface area contributed by atoms with Gasteiger partial charge < -0.3 is 9.15 Å². The smallest absolute Gasteiger partial charge is 0.433 e. The van der Waals surface area contributed by atoms with Crippen LogP contribution in [0.5, 0.6) is 0 Å². The monoisotopic (exact) mass is 303 g/mol. The van der Waals surface area contributed by atoms with Gasteiger partial charge in [0.1, 0.15) is 5.76 Å². The molecule has 0 aliphatic heterocycles. The zero-order chi connectivity index (χ0) is 15.1. The number of methoxy groups -OCH3 is 1. The SMILES string of the molecule is COC(=O)N(C=S)Nc1ccccc1N=Cc1ccco1. The van der Waals surface area contributed by atoms with Crippen LogP contribution in [0.1, 0.15) is 5.76 Å². The summed E-state index contributed by atoms with van der Waals surface area (Å²) in [4.78, 5) is 15.8. The van der Waals surface area contributed by atoms with E-state index in [0.717, 1.165) is 10.5 Å². The first-order valence-corrected chi connectivity index (χ1v) is 6.47. The van der Waals surface area contributed by atoms with Crippen molar-refractivity contribution in [3.8, 4) is 0 Å². The number of nitrogens with zero attached hydrogens (tertiary/aromatic N) is 2. The van der Waals surface area contributed by atoms with E-state index in [1.54, 1.807) is 36.7 Å². The first-order chi connectivity index (χ1) is 10.2. The third kappa shape index (κ3) is 3.90. The van der Waals surface area contributed by atoms with E-state index < -0.39 is 6.09 Å². The van der Waals surface area contributed by atoms with E-state index in [2.05, 4.69) is 15.2 Å². The first kappa shape index (κ1) is 14.7. The second-order valence-electron chi connectivity index (χ2n) is 3.85. The molecule has 108 valence electrons. The fourth-order valence-corrected chi connectivity index (χ4v) is 1.66. The Morgan fingerprint density at radius 1 is 1.38 bits per heavy atom. The minimum Gasteiger partial charge on any atom is -0.463 e. The van der Waals surface area contributed by atoms with Gasteiger partial charge in [-0.1, -0.05) is 24.4 Å². The highest BCUT2D eigenvalue weighted by Gasteiger charge is 2.12. The molecular formula is C14H13N3O3S. The first-order valence-electron chi connectivity index (χ1n) is 6.00. The molecule has 7 heteroatoms. The quantitative estimate of drug-likeness (QED) is 0.521. The van der Waals surface area contributed by atoms with Crippen LogP contribution in [0, 0.1) is 0 Å². The number of carbonyl (C=O) groups excluding carboxylic acids is 1. The van der Waals surface area contributed by atoms with Crippen LogP contribution in [-0.4, -0.2) is 29.9 Å². The van der Waals surface area contributed by atoms with Crippen LogP contribution < -0.4 is 5.43 Å². The van der Waals surface area contributed by atoms with Crippen molar-refractivity contribution in [2.45, 2.75) is 0 Å². The normalized spacial score (nSPS) is 10.3. The highest BCUT2D eigenvalue weighted by Crippen LogP contribution is 2.24. The van der Waals surface area contributed by atoms with Crippen LogP contribution in [0.15, 0.2) is 52.1 Å². The minimum absolute atomic E-state index is 0.604. The number of amides is 1. The number of para-hydroxylation sites is 2. The lowest BCUT2D eigenvalue weighted by atomic mass is 10.3. The maximum atomic E-state index is 11.5. The van der Waals surface area contributed by atoms with Crippen LogP contribution in [0.25, 0.3) is 0 Å². The minimum atomic E-state index is -0.616. The molecule has 0 saturated heterocycles. The molecule has 2 rings (SSSR count). The Labute approximate surface area is 127 Å². The molecule has 0 bridgehead atoms. The Balaban J connectivity index is 2.20. The molecule has 6 nitrogen and oxygen atoms in total. The van der Waals surface area contributed by atoms with Gasteiger partial charge in [-0.15, -0.1) is 0 Å². The summed E-state index contributed by atoms with van der Waals surface area (Å²) in [6, 6.07) is 10.8. The van der Waals surface area contributed by atoms with Crippen molar-refractivity contribution < 1.29 is 13.9 Å². The summed E-state index contributed by atoms with van der Waals surface area (Å²) in [7, 11) is 1.27. The molecule has 0 saturated carbocycles. The summed E-state index contributed by atoms with van der Waals surface area (Å²) in [5, 5.41) is 1.05. The molecule has 0 unspecified atom stereocenters. The van der Waals surface area contributed by atoms with Gasteiger partial charge in [0.25, 0.3) is 0 Å². The topological polar surface area (TPSA) is 67.1 Å². The molecule has 21 heavy (non-hydrogen) atoms. The van der Waals surface area contributed by atoms with Crippen molar-refractivity contribution in [2.75, 3.05) is 12.5 Å². The van der Waals surface area contributed by atoms with Crippen molar-refractivity contribution in [1.29, 1.82) is 0 Å². The predicted octanol–water partition coefficient (Wildman–Crippen LogP) is 3.38. The van der Waals surface area contributed by atoms with E-state index >= 15 is 0 Å². The fraction of sp³-hybridized carbons (Fsp3) is 0.0714. The summed E-state index contributed by atoms with van der Waals surface area (Å²) in [6.07, 6.45) is 2.53. The van der Waals surface area contributed by atoms with E-state index in [-0.39, 0.29) is 0 Å². The lowest BCUT2D eigenvalue weighted by molar-refractivity contribution is 0.153. The van der Waals surface area contributed by atoms with Gasteiger partial charge in [-0.05, 0) is 24.3 Å². The summed E-state index contributed by atoms with van der Waals surface area (Å²) in [6.45, 7) is 0. The van der Waals surface area contributed by atoms with Gasteiger partial charge in [-0.3, -0.25) is 10.4 Å². The number of aliphatic imine (C=N–C) groups is 1. The van der Waals surface area contributed by atoms with E-state index in [1.165, 1.54) is 7.11 Å². The third-order valence-electron chi connectivity index (χ3n) is 2.50. The number of benzene rings is 1. The van der Waals surface area contributed by atoms with Crippen molar-refractivity contribution in [1.82, 2.24) is 5.01 Å².